The Kier molecular flexibility index (Phi) is 13.7. The van der Waals surface area contributed by atoms with Crippen molar-refractivity contribution < 1.29 is 0 Å². The first-order chi connectivity index (χ1) is 32.5. The van der Waals surface area contributed by atoms with Gasteiger partial charge in [0, 0.05) is 36.3 Å². The maximum absolute atomic E-state index is 4.49. The van der Waals surface area contributed by atoms with Crippen LogP contribution in [0.1, 0.15) is 241 Å². The number of rotatable bonds is 6. The van der Waals surface area contributed by atoms with Gasteiger partial charge in [-0.3, -0.25) is 25.8 Å². The van der Waals surface area contributed by atoms with E-state index in [1.165, 1.54) is 161 Å². The summed E-state index contributed by atoms with van der Waals surface area (Å²) >= 11 is 0. The minimum Gasteiger partial charge on any atom is -0.294 e. The molecule has 12 rings (SSSR count). The lowest BCUT2D eigenvalue weighted by atomic mass is 9.49. The second-order valence-electron chi connectivity index (χ2n) is 29.0. The summed E-state index contributed by atoms with van der Waals surface area (Å²) in [4.78, 5) is 6.78. The fraction of sp³-hybridized carbons (Fsp3) is 1.00. The number of hydrogen-bond donors (Lipinski definition) is 3. The Hall–Kier alpha value is -0.200. The van der Waals surface area contributed by atoms with Gasteiger partial charge in [0.2, 0.25) is 0 Å². The van der Waals surface area contributed by atoms with Crippen molar-refractivity contribution in [3.05, 3.63) is 0 Å². The highest BCUT2D eigenvalue weighted by atomic mass is 15.4. The van der Waals surface area contributed by atoms with E-state index in [4.69, 9.17) is 0 Å². The average Bonchev–Trinajstić information content (AvgIpc) is 3.81. The van der Waals surface area contributed by atoms with Crippen molar-refractivity contribution >= 4 is 0 Å². The van der Waals surface area contributed by atoms with E-state index < -0.39 is 0 Å². The lowest BCUT2D eigenvalue weighted by Gasteiger charge is -2.57. The third-order valence-electron chi connectivity index (χ3n) is 25.9. The molecule has 0 bridgehead atoms. The highest BCUT2D eigenvalue weighted by Gasteiger charge is 2.66. The molecule has 380 valence electrons. The Morgan fingerprint density at radius 3 is 1.87 bits per heavy atom. The van der Waals surface area contributed by atoms with Gasteiger partial charge in [-0.1, -0.05) is 119 Å². The van der Waals surface area contributed by atoms with Gasteiger partial charge in [-0.25, -0.2) is 0 Å². The van der Waals surface area contributed by atoms with Crippen molar-refractivity contribution in [2.75, 3.05) is 0 Å². The van der Waals surface area contributed by atoms with Crippen molar-refractivity contribution in [1.82, 2.24) is 25.8 Å². The highest BCUT2D eigenvalue weighted by molar-refractivity contribution is 5.18. The number of nitrogens with zero attached hydrogens (tertiary/aromatic N) is 2. The molecule has 12 fully saturated rings. The Morgan fingerprint density at radius 2 is 1.07 bits per heavy atom. The van der Waals surface area contributed by atoms with Crippen LogP contribution in [-0.2, 0) is 0 Å². The third kappa shape index (κ3) is 8.28. The zero-order chi connectivity index (χ0) is 45.8. The van der Waals surface area contributed by atoms with Crippen LogP contribution in [0.2, 0.25) is 0 Å². The summed E-state index contributed by atoms with van der Waals surface area (Å²) in [5.41, 5.74) is 0.595. The summed E-state index contributed by atoms with van der Waals surface area (Å²) in [6, 6.07) is 5.10. The molecule has 3 N–H and O–H groups in total. The van der Waals surface area contributed by atoms with Crippen molar-refractivity contribution in [3.63, 3.8) is 0 Å². The maximum Gasteiger partial charge on any atom is 0.0711 e. The van der Waals surface area contributed by atoms with Crippen LogP contribution >= 0.6 is 0 Å². The third-order valence-corrected chi connectivity index (χ3v) is 25.9. The Morgan fingerprint density at radius 1 is 0.418 bits per heavy atom. The largest absolute Gasteiger partial charge is 0.294 e. The molecule has 3 heterocycles. The van der Waals surface area contributed by atoms with Crippen LogP contribution in [0.5, 0.6) is 0 Å². The van der Waals surface area contributed by atoms with Gasteiger partial charge in [0.05, 0.1) is 18.0 Å². The molecule has 3 saturated heterocycles. The standard InChI is InChI=1S/C62H107N5/c1-38-28-29-43-31-33-57-61(6,52(43)34-38)53-37-50(41(4)35-56(53)66(57)46-22-12-9-13-23-46)44-30-32-55-51(36-44)49-26-16-19-40(3)58(49)67(55)54-27-17-25-48(42(54)5)60-63-59(47-24-15-14-18-39(47)2)64-62(7,65-60)45-20-10-8-11-21-45/h38-60,63-65H,8-37H2,1-7H3/t38?,39?,40?,41?,42?,43?,44?,47?,48?,49?,50?,51?,52-,53?,54?,55?,56?,57?,58?,59?,60?,61?,62?/m0/s1. The lowest BCUT2D eigenvalue weighted by molar-refractivity contribution is -0.0590. The van der Waals surface area contributed by atoms with Gasteiger partial charge in [-0.05, 0) is 217 Å². The summed E-state index contributed by atoms with van der Waals surface area (Å²) < 4.78 is 0. The number of hydrogen-bond acceptors (Lipinski definition) is 5. The van der Waals surface area contributed by atoms with Crippen molar-refractivity contribution in [1.29, 1.82) is 0 Å². The van der Waals surface area contributed by atoms with E-state index in [1.807, 2.05) is 0 Å². The summed E-state index contributed by atoms with van der Waals surface area (Å²) in [5, 5.41) is 13.3. The second-order valence-corrected chi connectivity index (χ2v) is 29.0. The summed E-state index contributed by atoms with van der Waals surface area (Å²) in [5.74, 6) is 13.3. The molecule has 5 nitrogen and oxygen atoms in total. The first-order valence-electron chi connectivity index (χ1n) is 31.4. The molecule has 67 heavy (non-hydrogen) atoms. The molecule has 9 saturated carbocycles. The predicted octanol–water partition coefficient (Wildman–Crippen LogP) is 14.2. The molecule has 0 aromatic rings. The van der Waals surface area contributed by atoms with Crippen LogP contribution in [0, 0.1) is 94.2 Å². The summed E-state index contributed by atoms with van der Waals surface area (Å²) in [6.07, 6.45) is 45.4. The van der Waals surface area contributed by atoms with Crippen LogP contribution in [0.25, 0.3) is 0 Å². The fourth-order valence-electron chi connectivity index (χ4n) is 22.7. The van der Waals surface area contributed by atoms with Gasteiger partial charge in [-0.2, -0.15) is 0 Å². The quantitative estimate of drug-likeness (QED) is 0.248. The first kappa shape index (κ1) is 47.8. The second kappa shape index (κ2) is 19.3. The maximum atomic E-state index is 4.49. The highest BCUT2D eigenvalue weighted by Crippen LogP contribution is 2.67. The molecule has 0 aromatic carbocycles. The Bertz CT molecular complexity index is 1670. The van der Waals surface area contributed by atoms with Crippen LogP contribution in [0.15, 0.2) is 0 Å². The number of nitrogens with one attached hydrogen (secondary N) is 3. The van der Waals surface area contributed by atoms with Gasteiger partial charge in [0.25, 0.3) is 0 Å². The zero-order valence-corrected chi connectivity index (χ0v) is 44.9. The molecule has 5 heteroatoms. The molecule has 23 atom stereocenters. The van der Waals surface area contributed by atoms with Crippen LogP contribution < -0.4 is 16.0 Å². The predicted molar refractivity (Wildman–Crippen MR) is 279 cm³/mol. The van der Waals surface area contributed by atoms with Gasteiger partial charge in [-0.15, -0.1) is 0 Å². The molecular formula is C62H107N5. The molecule has 0 radical (unpaired) electrons. The fourth-order valence-corrected chi connectivity index (χ4v) is 22.7. The molecule has 12 aliphatic rings. The van der Waals surface area contributed by atoms with Crippen molar-refractivity contribution in [3.8, 4) is 0 Å². The SMILES string of the molecule is CC1CCC2CCC3N(C4CCCCC4)C4CC(C)C(C5CCC6C(C5)C5CCCC(C)C5N6C5CCCC(C6NC(C7CCCCC7C)NC(C)(C7CCCCC7)N6)C5C)CC4C3(C)[C@H]2C1. The van der Waals surface area contributed by atoms with E-state index in [0.717, 1.165) is 119 Å². The van der Waals surface area contributed by atoms with Crippen LogP contribution in [0.3, 0.4) is 0 Å². The van der Waals surface area contributed by atoms with E-state index in [2.05, 4.69) is 74.2 Å². The van der Waals surface area contributed by atoms with Crippen LogP contribution in [0.4, 0.5) is 0 Å². The van der Waals surface area contributed by atoms with E-state index in [9.17, 15) is 0 Å². The van der Waals surface area contributed by atoms with E-state index in [1.54, 1.807) is 32.1 Å². The van der Waals surface area contributed by atoms with E-state index in [0.29, 0.717) is 23.7 Å². The zero-order valence-electron chi connectivity index (χ0n) is 44.9. The first-order valence-corrected chi connectivity index (χ1v) is 31.4. The monoisotopic (exact) mass is 922 g/mol. The molecule has 0 aromatic heterocycles. The minimum absolute atomic E-state index is 0.0414. The molecule has 3 aliphatic heterocycles. The van der Waals surface area contributed by atoms with Crippen molar-refractivity contribution in [2.45, 2.75) is 295 Å². The lowest BCUT2D eigenvalue weighted by Crippen LogP contribution is -2.79. The molecular weight excluding hydrogens is 815 g/mol. The normalized spacial score (nSPS) is 54.9. The molecule has 22 unspecified atom stereocenters. The Labute approximate surface area is 413 Å². The number of likely N-dealkylation sites (tertiary alicyclic amines) is 2. The number of fused-ring (bicyclic) bond motifs is 8. The molecule has 0 spiro atoms. The topological polar surface area (TPSA) is 42.6 Å². The smallest absolute Gasteiger partial charge is 0.0711 e. The van der Waals surface area contributed by atoms with Gasteiger partial charge in [0.15, 0.2) is 0 Å². The average molecular weight is 923 g/mol. The molecule has 0 amide bonds. The van der Waals surface area contributed by atoms with Crippen molar-refractivity contribution in [2.24, 2.45) is 94.2 Å². The minimum atomic E-state index is 0.0414. The van der Waals surface area contributed by atoms with E-state index >= 15 is 0 Å². The van der Waals surface area contributed by atoms with Gasteiger partial charge >= 0.3 is 0 Å². The summed E-state index contributed by atoms with van der Waals surface area (Å²) in [7, 11) is 0. The summed E-state index contributed by atoms with van der Waals surface area (Å²) in [6.45, 7) is 19.1. The van der Waals surface area contributed by atoms with Gasteiger partial charge in [0.1, 0.15) is 0 Å². The Balaban J connectivity index is 0.796. The van der Waals surface area contributed by atoms with Gasteiger partial charge < -0.3 is 0 Å². The van der Waals surface area contributed by atoms with E-state index in [-0.39, 0.29) is 5.66 Å². The molecule has 9 aliphatic carbocycles. The van der Waals surface area contributed by atoms with Crippen LogP contribution in [-0.4, -0.2) is 64.0 Å².